The summed E-state index contributed by atoms with van der Waals surface area (Å²) < 4.78 is 39.2. The second-order valence-electron chi connectivity index (χ2n) is 9.61. The molecule has 0 amide bonds. The zero-order valence-electron chi connectivity index (χ0n) is 16.5. The molecule has 2 aliphatic carbocycles. The molecule has 0 spiro atoms. The predicted octanol–water partition coefficient (Wildman–Crippen LogP) is 5.75. The maximum absolute atomic E-state index is 13.1. The Morgan fingerprint density at radius 3 is 2.62 bits per heavy atom. The maximum atomic E-state index is 13.1. The number of alkyl halides is 3. The second-order valence-corrected chi connectivity index (χ2v) is 9.61. The van der Waals surface area contributed by atoms with Crippen LogP contribution in [0.3, 0.4) is 0 Å². The lowest BCUT2D eigenvalue weighted by atomic mass is 9.62. The Balaban J connectivity index is 1.50. The third-order valence-corrected chi connectivity index (χ3v) is 7.29. The van der Waals surface area contributed by atoms with Crippen LogP contribution < -0.4 is 10.9 Å². The number of nitrogens with one attached hydrogen (secondary N) is 2. The van der Waals surface area contributed by atoms with Crippen LogP contribution in [0.4, 0.5) is 13.2 Å². The highest BCUT2D eigenvalue weighted by Gasteiger charge is 2.42. The maximum Gasteiger partial charge on any atom is 0.392 e. The van der Waals surface area contributed by atoms with Crippen LogP contribution in [0.5, 0.6) is 0 Å². The molecule has 0 aromatic carbocycles. The topological polar surface area (TPSA) is 24.1 Å². The highest BCUT2D eigenvalue weighted by atomic mass is 19.4. The standard InChI is InChI=1S/C21H35F3N2/c1-14-6-5-11-20(2,3)18(14)10-9-17-13-19(26-25-17)15-7-4-8-16(12-15)21(22,23)24/h7,14,16-19,25-26H,4-6,8-13H2,1-3H3/t14?,16-,17?,18?,19?/m0/s1. The molecule has 150 valence electrons. The van der Waals surface area contributed by atoms with Crippen LogP contribution in [0, 0.1) is 23.2 Å². The Kier molecular flexibility index (Phi) is 6.08. The minimum Gasteiger partial charge on any atom is -0.254 e. The average Bonchev–Trinajstić information content (AvgIpc) is 3.02. The molecule has 0 radical (unpaired) electrons. The number of halogens is 3. The van der Waals surface area contributed by atoms with Crippen LogP contribution in [0.25, 0.3) is 0 Å². The van der Waals surface area contributed by atoms with Gasteiger partial charge in [-0.3, -0.25) is 10.9 Å². The highest BCUT2D eigenvalue weighted by molar-refractivity contribution is 5.17. The van der Waals surface area contributed by atoms with E-state index >= 15 is 0 Å². The molecule has 1 heterocycles. The lowest BCUT2D eigenvalue weighted by Crippen LogP contribution is -2.37. The largest absolute Gasteiger partial charge is 0.392 e. The highest BCUT2D eigenvalue weighted by Crippen LogP contribution is 2.46. The van der Waals surface area contributed by atoms with Crippen molar-refractivity contribution in [1.29, 1.82) is 0 Å². The van der Waals surface area contributed by atoms with E-state index in [1.54, 1.807) is 0 Å². The summed E-state index contributed by atoms with van der Waals surface area (Å²) in [7, 11) is 0. The van der Waals surface area contributed by atoms with E-state index in [1.807, 2.05) is 6.08 Å². The van der Waals surface area contributed by atoms with Gasteiger partial charge in [-0.2, -0.15) is 13.2 Å². The van der Waals surface area contributed by atoms with E-state index in [0.717, 1.165) is 30.3 Å². The molecule has 2 fully saturated rings. The van der Waals surface area contributed by atoms with Crippen molar-refractivity contribution in [2.75, 3.05) is 0 Å². The molecule has 3 rings (SSSR count). The van der Waals surface area contributed by atoms with Crippen molar-refractivity contribution < 1.29 is 13.2 Å². The molecule has 5 atom stereocenters. The third kappa shape index (κ3) is 4.64. The Hall–Kier alpha value is -0.550. The monoisotopic (exact) mass is 372 g/mol. The van der Waals surface area contributed by atoms with Gasteiger partial charge in [-0.1, -0.05) is 45.3 Å². The second kappa shape index (κ2) is 7.83. The molecule has 1 aliphatic heterocycles. The smallest absolute Gasteiger partial charge is 0.254 e. The number of rotatable bonds is 4. The molecule has 0 aromatic heterocycles. The van der Waals surface area contributed by atoms with Crippen molar-refractivity contribution in [3.05, 3.63) is 11.6 Å². The van der Waals surface area contributed by atoms with E-state index in [2.05, 4.69) is 31.6 Å². The summed E-state index contributed by atoms with van der Waals surface area (Å²) in [6.45, 7) is 7.19. The van der Waals surface area contributed by atoms with Gasteiger partial charge < -0.3 is 0 Å². The van der Waals surface area contributed by atoms with Crippen molar-refractivity contribution in [2.24, 2.45) is 23.2 Å². The van der Waals surface area contributed by atoms with E-state index < -0.39 is 12.1 Å². The number of hydrogen-bond donors (Lipinski definition) is 2. The molecular formula is C21H35F3N2. The van der Waals surface area contributed by atoms with Crippen LogP contribution in [0.15, 0.2) is 11.6 Å². The normalized spacial score (nSPS) is 38.2. The van der Waals surface area contributed by atoms with Gasteiger partial charge in [0.25, 0.3) is 0 Å². The molecule has 2 nitrogen and oxygen atoms in total. The van der Waals surface area contributed by atoms with Crippen LogP contribution in [0.1, 0.15) is 78.6 Å². The van der Waals surface area contributed by atoms with Crippen LogP contribution >= 0.6 is 0 Å². The summed E-state index contributed by atoms with van der Waals surface area (Å²) in [6, 6.07) is 0.444. The van der Waals surface area contributed by atoms with Gasteiger partial charge in [-0.15, -0.1) is 0 Å². The van der Waals surface area contributed by atoms with E-state index in [-0.39, 0.29) is 18.9 Å². The number of hydrogen-bond acceptors (Lipinski definition) is 2. The van der Waals surface area contributed by atoms with Gasteiger partial charge >= 0.3 is 6.18 Å². The zero-order chi connectivity index (χ0) is 18.9. The van der Waals surface area contributed by atoms with Crippen molar-refractivity contribution in [1.82, 2.24) is 10.9 Å². The zero-order valence-corrected chi connectivity index (χ0v) is 16.5. The molecule has 4 unspecified atom stereocenters. The molecule has 5 heteroatoms. The van der Waals surface area contributed by atoms with Crippen molar-refractivity contribution in [3.8, 4) is 0 Å². The van der Waals surface area contributed by atoms with Gasteiger partial charge in [0, 0.05) is 12.1 Å². The third-order valence-electron chi connectivity index (χ3n) is 7.29. The van der Waals surface area contributed by atoms with E-state index in [4.69, 9.17) is 0 Å². The molecule has 26 heavy (non-hydrogen) atoms. The first-order valence-corrected chi connectivity index (χ1v) is 10.4. The van der Waals surface area contributed by atoms with Gasteiger partial charge in [0.05, 0.1) is 5.92 Å². The first-order chi connectivity index (χ1) is 12.2. The first kappa shape index (κ1) is 20.2. The van der Waals surface area contributed by atoms with Crippen molar-refractivity contribution in [3.63, 3.8) is 0 Å². The van der Waals surface area contributed by atoms with Gasteiger partial charge in [-0.05, 0) is 62.2 Å². The van der Waals surface area contributed by atoms with Crippen LogP contribution in [-0.2, 0) is 0 Å². The molecule has 1 saturated heterocycles. The first-order valence-electron chi connectivity index (χ1n) is 10.4. The molecule has 2 N–H and O–H groups in total. The summed E-state index contributed by atoms with van der Waals surface area (Å²) in [6.07, 6.45) is 6.16. The SMILES string of the molecule is CC1CCCC(C)(C)C1CCC1CC(C2=CCC[C@H](C(F)(F)F)C2)NN1. The van der Waals surface area contributed by atoms with Crippen molar-refractivity contribution in [2.45, 2.75) is 96.8 Å². The lowest BCUT2D eigenvalue weighted by molar-refractivity contribution is -0.176. The Labute approximate surface area is 156 Å². The summed E-state index contributed by atoms with van der Waals surface area (Å²) in [5.41, 5.74) is 8.02. The Morgan fingerprint density at radius 1 is 1.15 bits per heavy atom. The van der Waals surface area contributed by atoms with Crippen LogP contribution in [0.2, 0.25) is 0 Å². The fraction of sp³-hybridized carbons (Fsp3) is 0.905. The summed E-state index contributed by atoms with van der Waals surface area (Å²) in [4.78, 5) is 0. The minimum absolute atomic E-state index is 0.0712. The fourth-order valence-corrected chi connectivity index (χ4v) is 5.65. The molecule has 1 saturated carbocycles. The van der Waals surface area contributed by atoms with Gasteiger partial charge in [0.2, 0.25) is 0 Å². The fourth-order valence-electron chi connectivity index (χ4n) is 5.65. The Morgan fingerprint density at radius 2 is 1.92 bits per heavy atom. The van der Waals surface area contributed by atoms with Gasteiger partial charge in [-0.25, -0.2) is 0 Å². The van der Waals surface area contributed by atoms with E-state index in [0.29, 0.717) is 17.9 Å². The minimum atomic E-state index is -4.06. The number of hydrazine groups is 1. The van der Waals surface area contributed by atoms with E-state index in [9.17, 15) is 13.2 Å². The molecule has 0 aromatic rings. The number of allylic oxidation sites excluding steroid dienone is 1. The average molecular weight is 373 g/mol. The molecule has 3 aliphatic rings. The lowest BCUT2D eigenvalue weighted by Gasteiger charge is -2.43. The van der Waals surface area contributed by atoms with E-state index in [1.165, 1.54) is 25.7 Å². The van der Waals surface area contributed by atoms with Gasteiger partial charge in [0.15, 0.2) is 0 Å². The summed E-state index contributed by atoms with van der Waals surface area (Å²) in [5, 5.41) is 0. The van der Waals surface area contributed by atoms with Crippen molar-refractivity contribution >= 4 is 0 Å². The van der Waals surface area contributed by atoms with Crippen LogP contribution in [-0.4, -0.2) is 18.3 Å². The molecular weight excluding hydrogens is 337 g/mol. The quantitative estimate of drug-likeness (QED) is 0.614. The predicted molar refractivity (Wildman–Crippen MR) is 99.5 cm³/mol. The summed E-state index contributed by atoms with van der Waals surface area (Å²) >= 11 is 0. The molecule has 0 bridgehead atoms. The van der Waals surface area contributed by atoms with Gasteiger partial charge in [0.1, 0.15) is 0 Å². The summed E-state index contributed by atoms with van der Waals surface area (Å²) in [5.74, 6) is 0.366. The Bertz CT molecular complexity index is 512.